The van der Waals surface area contributed by atoms with Crippen molar-refractivity contribution < 1.29 is 0 Å². The van der Waals surface area contributed by atoms with E-state index in [4.69, 9.17) is 0 Å². The molecule has 0 saturated heterocycles. The van der Waals surface area contributed by atoms with Gasteiger partial charge in [0.15, 0.2) is 0 Å². The van der Waals surface area contributed by atoms with Crippen LogP contribution in [0.15, 0.2) is 30.5 Å². The van der Waals surface area contributed by atoms with Gasteiger partial charge in [-0.05, 0) is 37.2 Å². The van der Waals surface area contributed by atoms with Gasteiger partial charge in [0, 0.05) is 29.2 Å². The topological polar surface area (TPSA) is 24.9 Å². The molecule has 0 unspecified atom stereocenters. The van der Waals surface area contributed by atoms with Gasteiger partial charge in [-0.25, -0.2) is 4.98 Å². The Morgan fingerprint density at radius 1 is 1.11 bits per heavy atom. The number of thiazole rings is 1. The van der Waals surface area contributed by atoms with Crippen molar-refractivity contribution in [1.29, 1.82) is 0 Å². The third-order valence-corrected chi connectivity index (χ3v) is 4.95. The molecule has 3 heteroatoms. The summed E-state index contributed by atoms with van der Waals surface area (Å²) < 4.78 is 0. The van der Waals surface area contributed by atoms with Crippen LogP contribution in [0.4, 0.5) is 0 Å². The molecule has 0 bridgehead atoms. The Balaban J connectivity index is 1.47. The van der Waals surface area contributed by atoms with Gasteiger partial charge in [0.2, 0.25) is 0 Å². The summed E-state index contributed by atoms with van der Waals surface area (Å²) in [6, 6.07) is 9.77. The average Bonchev–Trinajstić information content (AvgIpc) is 3.36. The van der Waals surface area contributed by atoms with Gasteiger partial charge < -0.3 is 5.32 Å². The maximum Gasteiger partial charge on any atom is 0.123 e. The van der Waals surface area contributed by atoms with E-state index in [0.29, 0.717) is 0 Å². The first kappa shape index (κ1) is 11.6. The summed E-state index contributed by atoms with van der Waals surface area (Å²) in [6.07, 6.45) is 7.44. The highest BCUT2D eigenvalue weighted by molar-refractivity contribution is 7.15. The van der Waals surface area contributed by atoms with Crippen LogP contribution >= 0.6 is 11.3 Å². The summed E-state index contributed by atoms with van der Waals surface area (Å²) in [5, 5.41) is 4.69. The number of rotatable bonds is 5. The standard InChI is InChI=1S/C16H18N2S/c1-2-11(1)12-3-5-13(6-4-12)16-18-10-15(19-16)9-17-14-7-8-14/h3-6,10-11,14,17H,1-2,7-9H2. The number of nitrogens with zero attached hydrogens (tertiary/aromatic N) is 1. The average molecular weight is 270 g/mol. The lowest BCUT2D eigenvalue weighted by molar-refractivity contribution is 0.694. The lowest BCUT2D eigenvalue weighted by Crippen LogP contribution is -2.14. The van der Waals surface area contributed by atoms with Crippen molar-refractivity contribution in [1.82, 2.24) is 10.3 Å². The maximum absolute atomic E-state index is 4.55. The summed E-state index contributed by atoms with van der Waals surface area (Å²) in [7, 11) is 0. The molecule has 1 aromatic heterocycles. The summed E-state index contributed by atoms with van der Waals surface area (Å²) in [5.41, 5.74) is 2.75. The van der Waals surface area contributed by atoms with Gasteiger partial charge in [0.25, 0.3) is 0 Å². The SMILES string of the molecule is c1cc(C2CC2)ccc1-c1ncc(CNC2CC2)s1. The van der Waals surface area contributed by atoms with Crippen LogP contribution in [0, 0.1) is 0 Å². The van der Waals surface area contributed by atoms with E-state index in [2.05, 4.69) is 34.6 Å². The van der Waals surface area contributed by atoms with E-state index in [9.17, 15) is 0 Å². The van der Waals surface area contributed by atoms with Gasteiger partial charge in [0.05, 0.1) is 0 Å². The molecule has 2 fully saturated rings. The summed E-state index contributed by atoms with van der Waals surface area (Å²) in [5.74, 6) is 0.837. The minimum absolute atomic E-state index is 0.767. The number of benzene rings is 1. The first-order valence-corrected chi connectivity index (χ1v) is 7.98. The fourth-order valence-electron chi connectivity index (χ4n) is 2.37. The fraction of sp³-hybridized carbons (Fsp3) is 0.438. The molecule has 1 aromatic carbocycles. The number of nitrogens with one attached hydrogen (secondary N) is 1. The van der Waals surface area contributed by atoms with E-state index in [1.165, 1.54) is 41.7 Å². The highest BCUT2D eigenvalue weighted by atomic mass is 32.1. The first-order chi connectivity index (χ1) is 9.38. The Morgan fingerprint density at radius 2 is 1.89 bits per heavy atom. The molecule has 0 radical (unpaired) electrons. The van der Waals surface area contributed by atoms with Crippen molar-refractivity contribution in [2.75, 3.05) is 0 Å². The van der Waals surface area contributed by atoms with E-state index in [0.717, 1.165) is 23.5 Å². The zero-order chi connectivity index (χ0) is 12.7. The second-order valence-electron chi connectivity index (χ2n) is 5.68. The number of hydrogen-bond donors (Lipinski definition) is 1. The molecule has 1 N–H and O–H groups in total. The van der Waals surface area contributed by atoms with Crippen LogP contribution in [-0.2, 0) is 6.54 Å². The fourth-order valence-corrected chi connectivity index (χ4v) is 3.24. The number of aromatic nitrogens is 1. The Bertz CT molecular complexity index is 565. The minimum atomic E-state index is 0.767. The quantitative estimate of drug-likeness (QED) is 0.890. The maximum atomic E-state index is 4.55. The highest BCUT2D eigenvalue weighted by Crippen LogP contribution is 2.40. The van der Waals surface area contributed by atoms with Crippen molar-refractivity contribution in [2.24, 2.45) is 0 Å². The van der Waals surface area contributed by atoms with E-state index >= 15 is 0 Å². The van der Waals surface area contributed by atoms with Crippen molar-refractivity contribution in [3.63, 3.8) is 0 Å². The molecule has 19 heavy (non-hydrogen) atoms. The third-order valence-electron chi connectivity index (χ3n) is 3.90. The Kier molecular flexibility index (Phi) is 2.89. The molecule has 2 nitrogen and oxygen atoms in total. The second-order valence-corrected chi connectivity index (χ2v) is 6.80. The number of hydrogen-bond acceptors (Lipinski definition) is 3. The molecular formula is C16H18N2S. The zero-order valence-corrected chi connectivity index (χ0v) is 11.7. The van der Waals surface area contributed by atoms with Gasteiger partial charge in [-0.1, -0.05) is 24.3 Å². The van der Waals surface area contributed by atoms with Crippen molar-refractivity contribution in [3.05, 3.63) is 40.9 Å². The molecule has 2 aliphatic carbocycles. The zero-order valence-electron chi connectivity index (χ0n) is 10.9. The molecule has 2 saturated carbocycles. The van der Waals surface area contributed by atoms with Crippen LogP contribution in [0.3, 0.4) is 0 Å². The van der Waals surface area contributed by atoms with Crippen LogP contribution in [0.5, 0.6) is 0 Å². The molecular weight excluding hydrogens is 252 g/mol. The first-order valence-electron chi connectivity index (χ1n) is 7.17. The van der Waals surface area contributed by atoms with Gasteiger partial charge in [-0.15, -0.1) is 11.3 Å². The molecule has 0 aliphatic heterocycles. The minimum Gasteiger partial charge on any atom is -0.309 e. The van der Waals surface area contributed by atoms with Gasteiger partial charge in [-0.2, -0.15) is 0 Å². The molecule has 1 heterocycles. The van der Waals surface area contributed by atoms with Crippen molar-refractivity contribution in [2.45, 2.75) is 44.2 Å². The molecule has 0 atom stereocenters. The summed E-state index contributed by atoms with van der Waals surface area (Å²) >= 11 is 1.81. The molecule has 2 aliphatic rings. The molecule has 4 rings (SSSR count). The molecule has 0 spiro atoms. The van der Waals surface area contributed by atoms with Gasteiger partial charge >= 0.3 is 0 Å². The molecule has 2 aromatic rings. The Morgan fingerprint density at radius 3 is 2.58 bits per heavy atom. The van der Waals surface area contributed by atoms with E-state index in [1.807, 2.05) is 17.5 Å². The smallest absolute Gasteiger partial charge is 0.123 e. The van der Waals surface area contributed by atoms with E-state index in [-0.39, 0.29) is 0 Å². The van der Waals surface area contributed by atoms with Crippen LogP contribution in [0.1, 0.15) is 42.0 Å². The monoisotopic (exact) mass is 270 g/mol. The predicted molar refractivity (Wildman–Crippen MR) is 79.4 cm³/mol. The Labute approximate surface area is 117 Å². The highest BCUT2D eigenvalue weighted by Gasteiger charge is 2.23. The van der Waals surface area contributed by atoms with Crippen molar-refractivity contribution >= 4 is 11.3 Å². The largest absolute Gasteiger partial charge is 0.309 e. The van der Waals surface area contributed by atoms with Crippen LogP contribution in [-0.4, -0.2) is 11.0 Å². The molecule has 0 amide bonds. The lowest BCUT2D eigenvalue weighted by Gasteiger charge is -2.00. The van der Waals surface area contributed by atoms with Gasteiger partial charge in [0.1, 0.15) is 5.01 Å². The van der Waals surface area contributed by atoms with Crippen molar-refractivity contribution in [3.8, 4) is 10.6 Å². The normalized spacial score (nSPS) is 18.7. The predicted octanol–water partition coefficient (Wildman–Crippen LogP) is 3.94. The molecule has 98 valence electrons. The lowest BCUT2D eigenvalue weighted by atomic mass is 10.1. The van der Waals surface area contributed by atoms with E-state index < -0.39 is 0 Å². The van der Waals surface area contributed by atoms with Crippen LogP contribution in [0.25, 0.3) is 10.6 Å². The third kappa shape index (κ3) is 2.72. The van der Waals surface area contributed by atoms with E-state index in [1.54, 1.807) is 0 Å². The summed E-state index contributed by atoms with van der Waals surface area (Å²) in [6.45, 7) is 0.975. The Hall–Kier alpha value is -1.19. The summed E-state index contributed by atoms with van der Waals surface area (Å²) in [4.78, 5) is 5.89. The van der Waals surface area contributed by atoms with Crippen LogP contribution < -0.4 is 5.32 Å². The van der Waals surface area contributed by atoms with Crippen LogP contribution in [0.2, 0.25) is 0 Å². The second kappa shape index (κ2) is 4.73. The van der Waals surface area contributed by atoms with Gasteiger partial charge in [-0.3, -0.25) is 0 Å².